The van der Waals surface area contributed by atoms with Crippen LogP contribution < -0.4 is 0 Å². The maximum atomic E-state index is 11.3. The van der Waals surface area contributed by atoms with Crippen LogP contribution in [0.3, 0.4) is 0 Å². The Labute approximate surface area is 196 Å². The molecule has 0 saturated carbocycles. The van der Waals surface area contributed by atoms with Crippen molar-refractivity contribution in [1.29, 1.82) is 0 Å². The fourth-order valence-corrected chi connectivity index (χ4v) is 4.64. The first-order chi connectivity index (χ1) is 15.0. The van der Waals surface area contributed by atoms with E-state index in [1.807, 2.05) is 47.0 Å². The summed E-state index contributed by atoms with van der Waals surface area (Å²) in [6.07, 6.45) is 5.67. The molecule has 31 heavy (non-hydrogen) atoms. The van der Waals surface area contributed by atoms with Crippen LogP contribution in [0, 0.1) is 12.3 Å². The van der Waals surface area contributed by atoms with Crippen LogP contribution >= 0.6 is 39.3 Å². The second kappa shape index (κ2) is 9.27. The standard InChI is InChI=1S/C22H16BrClN4O2S/c1-2-11-31-22-27-26-21-17(8-10-19(29)30)25-20(14-5-3-4-6-16(14)24)15-12-13(23)7-9-18(15)28(21)22/h1,3-7,9,12,17H,8,10-11H2,(H,29,30)/t17-/m0/s1. The van der Waals surface area contributed by atoms with Crippen molar-refractivity contribution in [2.24, 2.45) is 4.99 Å². The number of halogens is 2. The number of benzene rings is 2. The lowest BCUT2D eigenvalue weighted by Gasteiger charge is -2.14. The minimum atomic E-state index is -0.896. The molecule has 3 aromatic rings. The van der Waals surface area contributed by atoms with Gasteiger partial charge in [-0.3, -0.25) is 14.4 Å². The number of terminal acetylenes is 1. The highest BCUT2D eigenvalue weighted by Crippen LogP contribution is 2.37. The van der Waals surface area contributed by atoms with Crippen molar-refractivity contribution in [2.45, 2.75) is 24.0 Å². The van der Waals surface area contributed by atoms with E-state index in [9.17, 15) is 9.90 Å². The molecule has 1 aliphatic heterocycles. The monoisotopic (exact) mass is 514 g/mol. The third kappa shape index (κ3) is 4.40. The molecule has 0 bridgehead atoms. The molecule has 0 radical (unpaired) electrons. The van der Waals surface area contributed by atoms with E-state index in [0.717, 1.165) is 21.3 Å². The molecular weight excluding hydrogens is 500 g/mol. The number of hydrogen-bond acceptors (Lipinski definition) is 5. The molecule has 2 aromatic carbocycles. The van der Waals surface area contributed by atoms with Crippen molar-refractivity contribution in [1.82, 2.24) is 14.8 Å². The Bertz CT molecular complexity index is 1230. The van der Waals surface area contributed by atoms with Gasteiger partial charge in [-0.2, -0.15) is 0 Å². The molecule has 6 nitrogen and oxygen atoms in total. The van der Waals surface area contributed by atoms with Crippen LogP contribution in [-0.4, -0.2) is 37.3 Å². The molecule has 0 fully saturated rings. The number of hydrogen-bond donors (Lipinski definition) is 1. The van der Waals surface area contributed by atoms with Crippen LogP contribution in [0.25, 0.3) is 5.69 Å². The first-order valence-corrected chi connectivity index (χ1v) is 11.5. The molecule has 1 aromatic heterocycles. The summed E-state index contributed by atoms with van der Waals surface area (Å²) in [6, 6.07) is 12.8. The first kappa shape index (κ1) is 21.6. The summed E-state index contributed by atoms with van der Waals surface area (Å²) in [7, 11) is 0. The number of aliphatic carboxylic acids is 1. The normalized spacial score (nSPS) is 14.7. The van der Waals surface area contributed by atoms with Crippen LogP contribution in [-0.2, 0) is 4.79 Å². The summed E-state index contributed by atoms with van der Waals surface area (Å²) in [4.78, 5) is 16.3. The van der Waals surface area contributed by atoms with Gasteiger partial charge in [-0.1, -0.05) is 63.4 Å². The smallest absolute Gasteiger partial charge is 0.303 e. The highest BCUT2D eigenvalue weighted by Gasteiger charge is 2.30. The van der Waals surface area contributed by atoms with Crippen LogP contribution in [0.2, 0.25) is 5.02 Å². The fourth-order valence-electron chi connectivity index (χ4n) is 3.42. The molecule has 156 valence electrons. The van der Waals surface area contributed by atoms with E-state index in [1.165, 1.54) is 11.8 Å². The third-order valence-corrected chi connectivity index (χ3v) is 6.40. The molecular formula is C22H16BrClN4O2S. The van der Waals surface area contributed by atoms with Gasteiger partial charge in [0.2, 0.25) is 0 Å². The lowest BCUT2D eigenvalue weighted by atomic mass is 10.00. The number of thioether (sulfide) groups is 1. The van der Waals surface area contributed by atoms with Crippen molar-refractivity contribution < 1.29 is 9.90 Å². The molecule has 2 heterocycles. The van der Waals surface area contributed by atoms with Gasteiger partial charge in [0.25, 0.3) is 0 Å². The molecule has 1 atom stereocenters. The summed E-state index contributed by atoms with van der Waals surface area (Å²) < 4.78 is 2.80. The lowest BCUT2D eigenvalue weighted by molar-refractivity contribution is -0.137. The molecule has 0 spiro atoms. The molecule has 1 aliphatic rings. The van der Waals surface area contributed by atoms with Crippen molar-refractivity contribution in [3.63, 3.8) is 0 Å². The van der Waals surface area contributed by atoms with E-state index in [0.29, 0.717) is 27.5 Å². The van der Waals surface area contributed by atoms with Crippen molar-refractivity contribution >= 4 is 51.0 Å². The Balaban J connectivity index is 1.98. The van der Waals surface area contributed by atoms with Gasteiger partial charge in [-0.05, 0) is 30.7 Å². The average molecular weight is 516 g/mol. The van der Waals surface area contributed by atoms with Gasteiger partial charge < -0.3 is 5.11 Å². The number of aromatic nitrogens is 3. The van der Waals surface area contributed by atoms with E-state index < -0.39 is 12.0 Å². The summed E-state index contributed by atoms with van der Waals surface area (Å²) in [6.45, 7) is 0. The maximum absolute atomic E-state index is 11.3. The Morgan fingerprint density at radius 1 is 1.26 bits per heavy atom. The number of carbonyl (C=O) groups is 1. The van der Waals surface area contributed by atoms with Crippen LogP contribution in [0.5, 0.6) is 0 Å². The van der Waals surface area contributed by atoms with Gasteiger partial charge in [0.1, 0.15) is 6.04 Å². The number of aliphatic imine (C=N–C) groups is 1. The molecule has 9 heteroatoms. The topological polar surface area (TPSA) is 80.4 Å². The van der Waals surface area contributed by atoms with Gasteiger partial charge in [-0.15, -0.1) is 16.6 Å². The van der Waals surface area contributed by atoms with E-state index >= 15 is 0 Å². The quantitative estimate of drug-likeness (QED) is 0.362. The predicted octanol–water partition coefficient (Wildman–Crippen LogP) is 5.17. The second-order valence-corrected chi connectivity index (χ2v) is 9.00. The highest BCUT2D eigenvalue weighted by atomic mass is 79.9. The van der Waals surface area contributed by atoms with Crippen molar-refractivity contribution in [2.75, 3.05) is 5.75 Å². The zero-order chi connectivity index (χ0) is 22.0. The minimum Gasteiger partial charge on any atom is -0.481 e. The Morgan fingerprint density at radius 2 is 2.06 bits per heavy atom. The van der Waals surface area contributed by atoms with E-state index in [1.54, 1.807) is 0 Å². The van der Waals surface area contributed by atoms with Gasteiger partial charge >= 0.3 is 5.97 Å². The van der Waals surface area contributed by atoms with Crippen molar-refractivity contribution in [3.8, 4) is 18.0 Å². The molecule has 0 saturated heterocycles. The van der Waals surface area contributed by atoms with Crippen LogP contribution in [0.4, 0.5) is 0 Å². The Hall–Kier alpha value is -2.60. The lowest BCUT2D eigenvalue weighted by Crippen LogP contribution is -2.08. The predicted molar refractivity (Wildman–Crippen MR) is 125 cm³/mol. The minimum absolute atomic E-state index is 0.0519. The number of nitrogens with zero attached hydrogens (tertiary/aromatic N) is 4. The number of rotatable bonds is 6. The van der Waals surface area contributed by atoms with E-state index in [4.69, 9.17) is 23.0 Å². The van der Waals surface area contributed by atoms with E-state index in [2.05, 4.69) is 32.0 Å². The summed E-state index contributed by atoms with van der Waals surface area (Å²) in [5.41, 5.74) is 3.11. The second-order valence-electron chi connectivity index (χ2n) is 6.74. The largest absolute Gasteiger partial charge is 0.481 e. The average Bonchev–Trinajstić information content (AvgIpc) is 3.11. The Kier molecular flexibility index (Phi) is 6.46. The number of carboxylic acids is 1. The van der Waals surface area contributed by atoms with Crippen molar-refractivity contribution in [3.05, 3.63) is 68.9 Å². The SMILES string of the molecule is C#CCSc1nnc2n1-c1ccc(Br)cc1C(c1ccccc1Cl)=N[C@H]2CCC(=O)O. The summed E-state index contributed by atoms with van der Waals surface area (Å²) in [5.74, 6) is 2.72. The first-order valence-electron chi connectivity index (χ1n) is 9.36. The van der Waals surface area contributed by atoms with Gasteiger partial charge in [-0.25, -0.2) is 0 Å². The molecule has 1 N–H and O–H groups in total. The number of fused-ring (bicyclic) bond motifs is 3. The zero-order valence-electron chi connectivity index (χ0n) is 16.1. The van der Waals surface area contributed by atoms with Crippen LogP contribution in [0.15, 0.2) is 57.1 Å². The fraction of sp³-hybridized carbons (Fsp3) is 0.182. The maximum Gasteiger partial charge on any atom is 0.303 e. The zero-order valence-corrected chi connectivity index (χ0v) is 19.3. The van der Waals surface area contributed by atoms with Gasteiger partial charge in [0.15, 0.2) is 11.0 Å². The summed E-state index contributed by atoms with van der Waals surface area (Å²) >= 11 is 11.5. The molecule has 0 aliphatic carbocycles. The van der Waals surface area contributed by atoms with Gasteiger partial charge in [0.05, 0.1) is 17.2 Å². The summed E-state index contributed by atoms with van der Waals surface area (Å²) in [5, 5.41) is 19.2. The Morgan fingerprint density at radius 3 is 2.81 bits per heavy atom. The molecule has 0 amide bonds. The highest BCUT2D eigenvalue weighted by molar-refractivity contribution is 9.10. The number of carboxylic acid groups (broad SMARTS) is 1. The molecule has 0 unspecified atom stereocenters. The van der Waals surface area contributed by atoms with Crippen LogP contribution in [0.1, 0.15) is 35.8 Å². The molecule has 4 rings (SSSR count). The van der Waals surface area contributed by atoms with Gasteiger partial charge in [0, 0.05) is 27.0 Å². The third-order valence-electron chi connectivity index (χ3n) is 4.74. The van der Waals surface area contributed by atoms with E-state index in [-0.39, 0.29) is 12.8 Å².